The standard InChI is InChI=1S/C21H21N3O4S/c1-11-3-8-15-16(9-11)29-20-18(15)19(26)23-17(24-20)10-28-21(27)13-4-6-14(7-5-13)22-12(2)25/h4-7,11H,3,8-10H2,1-2H3,(H,22,25)(H,23,24,26)/t11-/m0/s1. The lowest BCUT2D eigenvalue weighted by Gasteiger charge is -2.17. The van der Waals surface area contributed by atoms with Crippen molar-refractivity contribution in [3.63, 3.8) is 0 Å². The second-order valence-electron chi connectivity index (χ2n) is 7.38. The van der Waals surface area contributed by atoms with Gasteiger partial charge in [0.25, 0.3) is 5.56 Å². The fourth-order valence-corrected chi connectivity index (χ4v) is 4.97. The minimum atomic E-state index is -0.526. The number of aryl methyl sites for hydroxylation is 1. The smallest absolute Gasteiger partial charge is 0.338 e. The number of aromatic nitrogens is 2. The summed E-state index contributed by atoms with van der Waals surface area (Å²) in [4.78, 5) is 45.1. The van der Waals surface area contributed by atoms with E-state index in [1.165, 1.54) is 11.8 Å². The lowest BCUT2D eigenvalue weighted by molar-refractivity contribution is -0.114. The minimum absolute atomic E-state index is 0.115. The molecule has 0 spiro atoms. The summed E-state index contributed by atoms with van der Waals surface area (Å²) in [5.74, 6) is 0.237. The van der Waals surface area contributed by atoms with E-state index in [2.05, 4.69) is 22.2 Å². The van der Waals surface area contributed by atoms with Gasteiger partial charge in [0.15, 0.2) is 0 Å². The zero-order chi connectivity index (χ0) is 20.5. The molecule has 4 rings (SSSR count). The van der Waals surface area contributed by atoms with Crippen LogP contribution in [0.4, 0.5) is 5.69 Å². The number of thiophene rings is 1. The van der Waals surface area contributed by atoms with Crippen molar-refractivity contribution in [3.8, 4) is 0 Å². The fraction of sp³-hybridized carbons (Fsp3) is 0.333. The van der Waals surface area contributed by atoms with Gasteiger partial charge in [-0.2, -0.15) is 0 Å². The third kappa shape index (κ3) is 4.07. The number of carbonyl (C=O) groups excluding carboxylic acids is 2. The number of rotatable bonds is 4. The highest BCUT2D eigenvalue weighted by atomic mass is 32.1. The summed E-state index contributed by atoms with van der Waals surface area (Å²) in [5, 5.41) is 3.32. The highest BCUT2D eigenvalue weighted by Crippen LogP contribution is 2.35. The van der Waals surface area contributed by atoms with Crippen molar-refractivity contribution in [1.82, 2.24) is 9.97 Å². The highest BCUT2D eigenvalue weighted by Gasteiger charge is 2.23. The van der Waals surface area contributed by atoms with Gasteiger partial charge in [0.05, 0.1) is 10.9 Å². The molecule has 0 bridgehead atoms. The maximum atomic E-state index is 12.6. The number of aromatic amines is 1. The molecule has 1 aliphatic carbocycles. The molecule has 0 radical (unpaired) electrons. The van der Waals surface area contributed by atoms with E-state index in [-0.39, 0.29) is 18.1 Å². The normalized spacial score (nSPS) is 15.7. The molecule has 2 heterocycles. The van der Waals surface area contributed by atoms with Crippen molar-refractivity contribution in [2.24, 2.45) is 5.92 Å². The molecule has 1 aliphatic rings. The Hall–Kier alpha value is -3.00. The summed E-state index contributed by atoms with van der Waals surface area (Å²) in [6, 6.07) is 6.39. The topological polar surface area (TPSA) is 101 Å². The number of amides is 1. The summed E-state index contributed by atoms with van der Waals surface area (Å²) in [6.45, 7) is 3.52. The average Bonchev–Trinajstić information content (AvgIpc) is 3.04. The lowest BCUT2D eigenvalue weighted by atomic mass is 9.89. The van der Waals surface area contributed by atoms with E-state index < -0.39 is 5.97 Å². The monoisotopic (exact) mass is 411 g/mol. The molecule has 0 fully saturated rings. The van der Waals surface area contributed by atoms with Gasteiger partial charge in [0.2, 0.25) is 5.91 Å². The number of ether oxygens (including phenoxy) is 1. The third-order valence-electron chi connectivity index (χ3n) is 5.00. The number of anilines is 1. The van der Waals surface area contributed by atoms with Gasteiger partial charge in [-0.05, 0) is 55.0 Å². The van der Waals surface area contributed by atoms with E-state index >= 15 is 0 Å². The molecule has 1 aromatic carbocycles. The van der Waals surface area contributed by atoms with Crippen molar-refractivity contribution in [1.29, 1.82) is 0 Å². The maximum Gasteiger partial charge on any atom is 0.338 e. The highest BCUT2D eigenvalue weighted by molar-refractivity contribution is 7.18. The van der Waals surface area contributed by atoms with Crippen molar-refractivity contribution >= 4 is 39.1 Å². The molecule has 0 aliphatic heterocycles. The number of nitrogens with zero attached hydrogens (tertiary/aromatic N) is 1. The SMILES string of the molecule is CC(=O)Nc1ccc(C(=O)OCc2nc3sc4c(c3c(=O)[nH]2)CC[C@H](C)C4)cc1. The quantitative estimate of drug-likeness (QED) is 0.641. The summed E-state index contributed by atoms with van der Waals surface area (Å²) >= 11 is 1.56. The first kappa shape index (κ1) is 19.3. The molecule has 7 nitrogen and oxygen atoms in total. The van der Waals surface area contributed by atoms with Gasteiger partial charge in [-0.3, -0.25) is 9.59 Å². The molecule has 2 aromatic heterocycles. The van der Waals surface area contributed by atoms with Crippen molar-refractivity contribution in [3.05, 3.63) is 56.4 Å². The molecule has 0 saturated carbocycles. The molecule has 0 saturated heterocycles. The Labute approximate surface area is 171 Å². The molecule has 2 N–H and O–H groups in total. The molecule has 0 unspecified atom stereocenters. The number of carbonyl (C=O) groups is 2. The molecular formula is C21H21N3O4S. The van der Waals surface area contributed by atoms with Crippen molar-refractivity contribution in [2.45, 2.75) is 39.7 Å². The molecular weight excluding hydrogens is 390 g/mol. The number of nitrogens with one attached hydrogen (secondary N) is 2. The van der Waals surface area contributed by atoms with Gasteiger partial charge in [0, 0.05) is 17.5 Å². The number of hydrogen-bond acceptors (Lipinski definition) is 6. The summed E-state index contributed by atoms with van der Waals surface area (Å²) in [7, 11) is 0. The zero-order valence-corrected chi connectivity index (χ0v) is 17.0. The van der Waals surface area contributed by atoms with Gasteiger partial charge in [-0.1, -0.05) is 6.92 Å². The Morgan fingerprint density at radius 1 is 1.31 bits per heavy atom. The fourth-order valence-electron chi connectivity index (χ4n) is 3.57. The van der Waals surface area contributed by atoms with Crippen LogP contribution in [-0.4, -0.2) is 21.8 Å². The minimum Gasteiger partial charge on any atom is -0.454 e. The average molecular weight is 411 g/mol. The van der Waals surface area contributed by atoms with Crippen LogP contribution >= 0.6 is 11.3 Å². The zero-order valence-electron chi connectivity index (χ0n) is 16.2. The first-order valence-corrected chi connectivity index (χ1v) is 10.3. The summed E-state index contributed by atoms with van der Waals surface area (Å²) in [6.07, 6.45) is 2.97. The summed E-state index contributed by atoms with van der Waals surface area (Å²) in [5.41, 5.74) is 1.90. The van der Waals surface area contributed by atoms with E-state index in [1.54, 1.807) is 35.6 Å². The molecule has 3 aromatic rings. The molecule has 150 valence electrons. The van der Waals surface area contributed by atoms with Gasteiger partial charge in [-0.25, -0.2) is 9.78 Å². The number of benzene rings is 1. The second-order valence-corrected chi connectivity index (χ2v) is 8.46. The molecule has 1 amide bonds. The van der Waals surface area contributed by atoms with Gasteiger partial charge >= 0.3 is 5.97 Å². The van der Waals surface area contributed by atoms with E-state index in [0.29, 0.717) is 33.2 Å². The Bertz CT molecular complexity index is 1150. The largest absolute Gasteiger partial charge is 0.454 e. The number of esters is 1. The van der Waals surface area contributed by atoms with Crippen LogP contribution in [0.5, 0.6) is 0 Å². The molecule has 1 atom stereocenters. The Morgan fingerprint density at radius 3 is 2.79 bits per heavy atom. The van der Waals surface area contributed by atoms with E-state index in [9.17, 15) is 14.4 Å². The van der Waals surface area contributed by atoms with Crippen LogP contribution in [-0.2, 0) is 29.0 Å². The van der Waals surface area contributed by atoms with E-state index in [1.807, 2.05) is 0 Å². The van der Waals surface area contributed by atoms with E-state index in [4.69, 9.17) is 4.74 Å². The molecule has 29 heavy (non-hydrogen) atoms. The van der Waals surface area contributed by atoms with Gasteiger partial charge in [-0.15, -0.1) is 11.3 Å². The van der Waals surface area contributed by atoms with Crippen LogP contribution in [0.25, 0.3) is 10.2 Å². The Kier molecular flexibility index (Phi) is 5.19. The lowest BCUT2D eigenvalue weighted by Crippen LogP contribution is -2.16. The Balaban J connectivity index is 1.49. The predicted octanol–water partition coefficient (Wildman–Crippen LogP) is 3.42. The van der Waals surface area contributed by atoms with Gasteiger partial charge < -0.3 is 15.0 Å². The van der Waals surface area contributed by atoms with Crippen LogP contribution in [0.3, 0.4) is 0 Å². The first-order valence-electron chi connectivity index (χ1n) is 9.49. The van der Waals surface area contributed by atoms with Crippen LogP contribution in [0.1, 0.15) is 46.9 Å². The number of hydrogen-bond donors (Lipinski definition) is 2. The van der Waals surface area contributed by atoms with Crippen molar-refractivity contribution in [2.75, 3.05) is 5.32 Å². The van der Waals surface area contributed by atoms with Crippen LogP contribution in [0.15, 0.2) is 29.1 Å². The predicted molar refractivity (Wildman–Crippen MR) is 111 cm³/mol. The third-order valence-corrected chi connectivity index (χ3v) is 6.14. The summed E-state index contributed by atoms with van der Waals surface area (Å²) < 4.78 is 5.30. The molecule has 8 heteroatoms. The van der Waals surface area contributed by atoms with E-state index in [0.717, 1.165) is 24.8 Å². The van der Waals surface area contributed by atoms with Crippen LogP contribution in [0, 0.1) is 5.92 Å². The number of H-pyrrole nitrogens is 1. The van der Waals surface area contributed by atoms with Crippen molar-refractivity contribution < 1.29 is 14.3 Å². The number of fused-ring (bicyclic) bond motifs is 3. The van der Waals surface area contributed by atoms with Crippen LogP contribution in [0.2, 0.25) is 0 Å². The maximum absolute atomic E-state index is 12.6. The Morgan fingerprint density at radius 2 is 2.07 bits per heavy atom. The second kappa shape index (κ2) is 7.79. The van der Waals surface area contributed by atoms with Gasteiger partial charge in [0.1, 0.15) is 17.3 Å². The van der Waals surface area contributed by atoms with Crippen LogP contribution < -0.4 is 10.9 Å². The first-order chi connectivity index (χ1) is 13.9.